The summed E-state index contributed by atoms with van der Waals surface area (Å²) in [4.78, 5) is 8.42. The number of halogens is 1. The summed E-state index contributed by atoms with van der Waals surface area (Å²) in [7, 11) is 0. The molecule has 0 aliphatic carbocycles. The summed E-state index contributed by atoms with van der Waals surface area (Å²) in [5.41, 5.74) is 8.65. The van der Waals surface area contributed by atoms with E-state index in [2.05, 4.69) is 63.9 Å². The molecule has 1 aromatic heterocycles. The standard InChI is InChI=1S/C20H28N4OS.HI/c1-16-4-6-17(7-5-16)19(24-10-12-25-13-11-24)15-23-20(21)22-9-8-18-3-2-14-26-18;/h2-7,14,19H,8-13,15H2,1H3,(H3,21,22,23);1H. The predicted octanol–water partition coefficient (Wildman–Crippen LogP) is 3.19. The van der Waals surface area contributed by atoms with Crippen LogP contribution in [0.1, 0.15) is 22.0 Å². The van der Waals surface area contributed by atoms with Gasteiger partial charge < -0.3 is 15.8 Å². The van der Waals surface area contributed by atoms with Crippen molar-refractivity contribution in [3.8, 4) is 0 Å². The number of hydrogen-bond acceptors (Lipinski definition) is 4. The lowest BCUT2D eigenvalue weighted by Gasteiger charge is -2.34. The van der Waals surface area contributed by atoms with E-state index in [1.807, 2.05) is 0 Å². The maximum atomic E-state index is 6.09. The van der Waals surface area contributed by atoms with Crippen LogP contribution in [-0.2, 0) is 11.2 Å². The Balaban J connectivity index is 0.00000261. The number of rotatable bonds is 7. The molecule has 3 N–H and O–H groups in total. The van der Waals surface area contributed by atoms with Crippen molar-refractivity contribution in [2.24, 2.45) is 10.7 Å². The van der Waals surface area contributed by atoms with Gasteiger partial charge in [0.25, 0.3) is 0 Å². The van der Waals surface area contributed by atoms with Crippen LogP contribution in [0.5, 0.6) is 0 Å². The summed E-state index contributed by atoms with van der Waals surface area (Å²) in [5.74, 6) is 0.520. The van der Waals surface area contributed by atoms with E-state index in [4.69, 9.17) is 10.5 Å². The lowest BCUT2D eigenvalue weighted by Crippen LogP contribution is -2.41. The van der Waals surface area contributed by atoms with E-state index in [-0.39, 0.29) is 30.0 Å². The summed E-state index contributed by atoms with van der Waals surface area (Å²) < 4.78 is 5.51. The second kappa shape index (κ2) is 11.6. The highest BCUT2D eigenvalue weighted by Gasteiger charge is 2.22. The zero-order valence-corrected chi connectivity index (χ0v) is 18.9. The van der Waals surface area contributed by atoms with Gasteiger partial charge >= 0.3 is 0 Å². The number of thiophene rings is 1. The molecule has 1 aliphatic rings. The highest BCUT2D eigenvalue weighted by atomic mass is 127. The Kier molecular flexibility index (Phi) is 9.53. The Morgan fingerprint density at radius 3 is 2.67 bits per heavy atom. The molecule has 0 spiro atoms. The quantitative estimate of drug-likeness (QED) is 0.348. The SMILES string of the molecule is Cc1ccc(C(CN=C(N)NCCc2cccs2)N2CCOCC2)cc1.I. The highest BCUT2D eigenvalue weighted by molar-refractivity contribution is 14.0. The van der Waals surface area contributed by atoms with Crippen LogP contribution < -0.4 is 11.1 Å². The van der Waals surface area contributed by atoms with Gasteiger partial charge in [0.2, 0.25) is 0 Å². The first-order chi connectivity index (χ1) is 12.7. The van der Waals surface area contributed by atoms with Crippen molar-refractivity contribution in [3.63, 3.8) is 0 Å². The van der Waals surface area contributed by atoms with Crippen LogP contribution in [0.4, 0.5) is 0 Å². The Morgan fingerprint density at radius 2 is 2.00 bits per heavy atom. The molecular formula is C20H29IN4OS. The molecule has 1 atom stereocenters. The smallest absolute Gasteiger partial charge is 0.188 e. The molecule has 2 aromatic rings. The van der Waals surface area contributed by atoms with Gasteiger partial charge in [-0.25, -0.2) is 0 Å². The number of aryl methyl sites for hydroxylation is 1. The first kappa shape index (κ1) is 22.1. The fraction of sp³-hybridized carbons (Fsp3) is 0.450. The number of guanidine groups is 1. The minimum atomic E-state index is 0. The van der Waals surface area contributed by atoms with E-state index in [0.29, 0.717) is 12.5 Å². The summed E-state index contributed by atoms with van der Waals surface area (Å²) in [5, 5.41) is 5.33. The molecule has 1 unspecified atom stereocenters. The van der Waals surface area contributed by atoms with Crippen molar-refractivity contribution in [1.29, 1.82) is 0 Å². The fourth-order valence-corrected chi connectivity index (χ4v) is 3.83. The zero-order chi connectivity index (χ0) is 18.2. The number of ether oxygens (including phenoxy) is 1. The summed E-state index contributed by atoms with van der Waals surface area (Å²) >= 11 is 1.77. The van der Waals surface area contributed by atoms with Gasteiger partial charge in [0, 0.05) is 24.5 Å². The molecule has 1 saturated heterocycles. The normalized spacial score (nSPS) is 16.6. The third kappa shape index (κ3) is 7.06. The van der Waals surface area contributed by atoms with Crippen LogP contribution in [0.3, 0.4) is 0 Å². The lowest BCUT2D eigenvalue weighted by atomic mass is 10.0. The third-order valence-corrected chi connectivity index (χ3v) is 5.58. The van der Waals surface area contributed by atoms with E-state index in [1.54, 1.807) is 11.3 Å². The van der Waals surface area contributed by atoms with Gasteiger partial charge in [-0.2, -0.15) is 0 Å². The fourth-order valence-electron chi connectivity index (χ4n) is 3.12. The van der Waals surface area contributed by atoms with Crippen LogP contribution in [0.25, 0.3) is 0 Å². The van der Waals surface area contributed by atoms with Crippen LogP contribution in [0.15, 0.2) is 46.8 Å². The molecule has 5 nitrogen and oxygen atoms in total. The van der Waals surface area contributed by atoms with Crippen molar-refractivity contribution in [2.75, 3.05) is 39.4 Å². The molecule has 2 heterocycles. The maximum absolute atomic E-state index is 6.09. The van der Waals surface area contributed by atoms with E-state index in [1.165, 1.54) is 16.0 Å². The van der Waals surface area contributed by atoms with Gasteiger partial charge in [0.1, 0.15) is 0 Å². The third-order valence-electron chi connectivity index (χ3n) is 4.64. The highest BCUT2D eigenvalue weighted by Crippen LogP contribution is 2.22. The van der Waals surface area contributed by atoms with Gasteiger partial charge in [-0.15, -0.1) is 35.3 Å². The van der Waals surface area contributed by atoms with Crippen LogP contribution in [0.2, 0.25) is 0 Å². The molecule has 27 heavy (non-hydrogen) atoms. The maximum Gasteiger partial charge on any atom is 0.188 e. The predicted molar refractivity (Wildman–Crippen MR) is 124 cm³/mol. The second-order valence-corrected chi connectivity index (χ2v) is 7.59. The minimum Gasteiger partial charge on any atom is -0.379 e. The number of nitrogens with one attached hydrogen (secondary N) is 1. The number of aliphatic imine (C=N–C) groups is 1. The molecule has 3 rings (SSSR count). The average Bonchev–Trinajstić information content (AvgIpc) is 3.18. The first-order valence-corrected chi connectivity index (χ1v) is 10.0. The molecular weight excluding hydrogens is 471 g/mol. The van der Waals surface area contributed by atoms with Gasteiger partial charge in [0.15, 0.2) is 5.96 Å². The molecule has 1 aliphatic heterocycles. The molecule has 0 amide bonds. The van der Waals surface area contributed by atoms with Gasteiger partial charge in [-0.1, -0.05) is 35.9 Å². The van der Waals surface area contributed by atoms with Crippen molar-refractivity contribution in [1.82, 2.24) is 10.2 Å². The van der Waals surface area contributed by atoms with E-state index in [9.17, 15) is 0 Å². The van der Waals surface area contributed by atoms with Crippen LogP contribution in [0, 0.1) is 6.92 Å². The molecule has 1 fully saturated rings. The molecule has 148 valence electrons. The Labute approximate surface area is 183 Å². The second-order valence-electron chi connectivity index (χ2n) is 6.56. The number of morpholine rings is 1. The van der Waals surface area contributed by atoms with Crippen molar-refractivity contribution in [3.05, 3.63) is 57.8 Å². The van der Waals surface area contributed by atoms with E-state index < -0.39 is 0 Å². The lowest BCUT2D eigenvalue weighted by molar-refractivity contribution is 0.0180. The molecule has 7 heteroatoms. The minimum absolute atomic E-state index is 0. The number of hydrogen-bond donors (Lipinski definition) is 2. The Bertz CT molecular complexity index is 685. The van der Waals surface area contributed by atoms with Gasteiger partial charge in [0.05, 0.1) is 25.8 Å². The summed E-state index contributed by atoms with van der Waals surface area (Å²) in [6.45, 7) is 6.99. The topological polar surface area (TPSA) is 62.9 Å². The van der Waals surface area contributed by atoms with E-state index >= 15 is 0 Å². The largest absolute Gasteiger partial charge is 0.379 e. The number of benzene rings is 1. The molecule has 1 aromatic carbocycles. The Hall–Kier alpha value is -1.16. The first-order valence-electron chi connectivity index (χ1n) is 9.17. The van der Waals surface area contributed by atoms with Crippen molar-refractivity contribution in [2.45, 2.75) is 19.4 Å². The zero-order valence-electron chi connectivity index (χ0n) is 15.8. The molecule has 0 saturated carbocycles. The number of nitrogens with zero attached hydrogens (tertiary/aromatic N) is 2. The summed E-state index contributed by atoms with van der Waals surface area (Å²) in [6.07, 6.45) is 0.971. The monoisotopic (exact) mass is 500 g/mol. The van der Waals surface area contributed by atoms with Crippen molar-refractivity contribution >= 4 is 41.3 Å². The van der Waals surface area contributed by atoms with Gasteiger partial charge in [-0.3, -0.25) is 9.89 Å². The Morgan fingerprint density at radius 1 is 1.26 bits per heavy atom. The molecule has 0 bridgehead atoms. The van der Waals surface area contributed by atoms with Crippen molar-refractivity contribution < 1.29 is 4.74 Å². The van der Waals surface area contributed by atoms with Crippen LogP contribution in [-0.4, -0.2) is 50.3 Å². The van der Waals surface area contributed by atoms with E-state index in [0.717, 1.165) is 39.3 Å². The molecule has 0 radical (unpaired) electrons. The van der Waals surface area contributed by atoms with Gasteiger partial charge in [-0.05, 0) is 30.4 Å². The average molecular weight is 500 g/mol. The number of nitrogens with two attached hydrogens (primary N) is 1. The van der Waals surface area contributed by atoms with Crippen LogP contribution >= 0.6 is 35.3 Å². The summed E-state index contributed by atoms with van der Waals surface area (Å²) in [6, 6.07) is 13.2.